The Balaban J connectivity index is 1.77. The van der Waals surface area contributed by atoms with E-state index < -0.39 is 5.54 Å². The minimum atomic E-state index is -0.858. The van der Waals surface area contributed by atoms with Gasteiger partial charge in [0.1, 0.15) is 5.54 Å². The maximum absolute atomic E-state index is 12.9. The molecule has 2 N–H and O–H groups in total. The first-order chi connectivity index (χ1) is 11.0. The quantitative estimate of drug-likeness (QED) is 0.580. The predicted molar refractivity (Wildman–Crippen MR) is 84.3 cm³/mol. The third-order valence-corrected chi connectivity index (χ3v) is 5.49. The number of amides is 3. The van der Waals surface area contributed by atoms with Crippen LogP contribution in [-0.4, -0.2) is 59.2 Å². The smallest absolute Gasteiger partial charge is 0.313 e. The summed E-state index contributed by atoms with van der Waals surface area (Å²) in [6, 6.07) is -0.697. The Morgan fingerprint density at radius 2 is 2.13 bits per heavy atom. The number of hydrogen-bond donors (Lipinski definition) is 2. The first-order valence-electron chi connectivity index (χ1n) is 8.22. The number of nitrogens with zero attached hydrogens (tertiary/aromatic N) is 2. The van der Waals surface area contributed by atoms with Crippen LogP contribution in [0.4, 0.5) is 4.79 Å². The van der Waals surface area contributed by atoms with Crippen molar-refractivity contribution >= 4 is 17.7 Å². The second kappa shape index (κ2) is 6.05. The Morgan fingerprint density at radius 1 is 1.35 bits per heavy atom. The minimum Gasteiger partial charge on any atom is -0.313 e. The average molecular weight is 320 g/mol. The summed E-state index contributed by atoms with van der Waals surface area (Å²) >= 11 is 0. The molecule has 3 aliphatic rings. The largest absolute Gasteiger partial charge is 0.327 e. The number of carbonyl (C=O) groups is 3. The van der Waals surface area contributed by atoms with Crippen LogP contribution in [0.5, 0.6) is 0 Å². The van der Waals surface area contributed by atoms with Crippen LogP contribution in [0, 0.1) is 5.92 Å². The van der Waals surface area contributed by atoms with E-state index in [0.29, 0.717) is 13.0 Å². The molecule has 0 bridgehead atoms. The normalized spacial score (nSPS) is 34.5. The zero-order chi connectivity index (χ0) is 16.6. The second-order valence-electron chi connectivity index (χ2n) is 6.74. The lowest BCUT2D eigenvalue weighted by molar-refractivity contribution is -0.137. The number of hydrogen-bond acceptors (Lipinski definition) is 5. The van der Waals surface area contributed by atoms with Crippen LogP contribution in [0.2, 0.25) is 0 Å². The summed E-state index contributed by atoms with van der Waals surface area (Å²) < 4.78 is 0. The highest BCUT2D eigenvalue weighted by molar-refractivity contribution is 6.09. The summed E-state index contributed by atoms with van der Waals surface area (Å²) in [4.78, 5) is 40.5. The molecule has 1 aliphatic carbocycles. The van der Waals surface area contributed by atoms with Gasteiger partial charge in [-0.15, -0.1) is 0 Å². The van der Waals surface area contributed by atoms with E-state index >= 15 is 0 Å². The Morgan fingerprint density at radius 3 is 2.74 bits per heavy atom. The van der Waals surface area contributed by atoms with Gasteiger partial charge in [0.05, 0.1) is 12.6 Å². The van der Waals surface area contributed by atoms with Crippen LogP contribution < -0.4 is 10.9 Å². The number of ketones is 1. The molecular weight excluding hydrogens is 296 g/mol. The molecule has 3 atom stereocenters. The Bertz CT molecular complexity index is 556. The maximum Gasteiger partial charge on any atom is 0.327 e. The summed E-state index contributed by atoms with van der Waals surface area (Å²) in [6.07, 6.45) is 7.46. The number of rotatable bonds is 4. The number of carbonyl (C=O) groups excluding carboxylic acids is 3. The Hall–Kier alpha value is -1.73. The predicted octanol–water partition coefficient (Wildman–Crippen LogP) is 0.431. The van der Waals surface area contributed by atoms with E-state index in [9.17, 15) is 14.4 Å². The van der Waals surface area contributed by atoms with Crippen molar-refractivity contribution in [3.63, 3.8) is 0 Å². The molecule has 0 aromatic rings. The Labute approximate surface area is 136 Å². The highest BCUT2D eigenvalue weighted by atomic mass is 16.2. The SMILES string of the molecule is CN1C(=O)N(CC(=O)C2CCNN2)C(=O)C1(C)C1CC=CCC1. The van der Waals surface area contributed by atoms with Gasteiger partial charge in [0, 0.05) is 13.6 Å². The summed E-state index contributed by atoms with van der Waals surface area (Å²) in [6.45, 7) is 2.39. The third-order valence-electron chi connectivity index (χ3n) is 5.49. The number of nitrogens with one attached hydrogen (secondary N) is 2. The van der Waals surface area contributed by atoms with Gasteiger partial charge in [0.25, 0.3) is 5.91 Å². The summed E-state index contributed by atoms with van der Waals surface area (Å²) in [5.74, 6) is -0.275. The lowest BCUT2D eigenvalue weighted by Crippen LogP contribution is -2.52. The standard InChI is InChI=1S/C16H24N4O3/c1-16(11-6-4-3-5-7-11)14(22)20(15(23)19(16)2)10-13(21)12-8-9-17-18-12/h3-4,11-12,17-18H,5-10H2,1-2H3. The molecule has 3 rings (SSSR count). The zero-order valence-electron chi connectivity index (χ0n) is 13.7. The molecule has 7 nitrogen and oxygen atoms in total. The van der Waals surface area contributed by atoms with Gasteiger partial charge in [-0.1, -0.05) is 12.2 Å². The number of imide groups is 1. The fourth-order valence-electron chi connectivity index (χ4n) is 3.77. The number of hydrazine groups is 1. The van der Waals surface area contributed by atoms with Crippen molar-refractivity contribution in [2.24, 2.45) is 5.92 Å². The molecule has 2 fully saturated rings. The van der Waals surface area contributed by atoms with E-state index in [-0.39, 0.29) is 36.2 Å². The molecule has 2 saturated heterocycles. The van der Waals surface area contributed by atoms with Crippen molar-refractivity contribution in [1.82, 2.24) is 20.7 Å². The molecule has 0 aromatic heterocycles. The van der Waals surface area contributed by atoms with E-state index in [1.807, 2.05) is 6.92 Å². The number of Topliss-reactive ketones (excluding diaryl/α,β-unsaturated/α-hetero) is 1. The number of allylic oxidation sites excluding steroid dienone is 2. The monoisotopic (exact) mass is 320 g/mol. The van der Waals surface area contributed by atoms with Gasteiger partial charge in [0.2, 0.25) is 0 Å². The third kappa shape index (κ3) is 2.57. The second-order valence-corrected chi connectivity index (χ2v) is 6.74. The van der Waals surface area contributed by atoms with Gasteiger partial charge >= 0.3 is 6.03 Å². The fraction of sp³-hybridized carbons (Fsp3) is 0.688. The fourth-order valence-corrected chi connectivity index (χ4v) is 3.77. The minimum absolute atomic E-state index is 0.0975. The molecule has 23 heavy (non-hydrogen) atoms. The molecule has 7 heteroatoms. The van der Waals surface area contributed by atoms with E-state index in [2.05, 4.69) is 23.0 Å². The van der Waals surface area contributed by atoms with E-state index in [4.69, 9.17) is 0 Å². The van der Waals surface area contributed by atoms with Crippen molar-refractivity contribution in [3.05, 3.63) is 12.2 Å². The molecule has 0 saturated carbocycles. The molecule has 2 aliphatic heterocycles. The van der Waals surface area contributed by atoms with Gasteiger partial charge in [-0.05, 0) is 38.5 Å². The molecule has 0 aromatic carbocycles. The first kappa shape index (κ1) is 16.1. The van der Waals surface area contributed by atoms with Crippen molar-refractivity contribution < 1.29 is 14.4 Å². The topological polar surface area (TPSA) is 81.8 Å². The van der Waals surface area contributed by atoms with Gasteiger partial charge in [-0.25, -0.2) is 10.2 Å². The van der Waals surface area contributed by atoms with Crippen LogP contribution in [0.1, 0.15) is 32.6 Å². The van der Waals surface area contributed by atoms with E-state index in [1.165, 1.54) is 4.90 Å². The zero-order valence-corrected chi connectivity index (χ0v) is 13.7. The highest BCUT2D eigenvalue weighted by Gasteiger charge is 2.56. The average Bonchev–Trinajstić information content (AvgIpc) is 3.16. The molecular formula is C16H24N4O3. The van der Waals surface area contributed by atoms with Gasteiger partial charge < -0.3 is 4.90 Å². The van der Waals surface area contributed by atoms with E-state index in [0.717, 1.165) is 24.2 Å². The molecule has 3 unspecified atom stereocenters. The summed E-state index contributed by atoms with van der Waals surface area (Å²) in [5.41, 5.74) is 4.93. The van der Waals surface area contributed by atoms with Crippen molar-refractivity contribution in [3.8, 4) is 0 Å². The molecule has 0 spiro atoms. The van der Waals surface area contributed by atoms with Gasteiger partial charge in [0.15, 0.2) is 5.78 Å². The van der Waals surface area contributed by atoms with Crippen LogP contribution in [0.25, 0.3) is 0 Å². The summed E-state index contributed by atoms with van der Waals surface area (Å²) in [7, 11) is 1.67. The van der Waals surface area contributed by atoms with Crippen LogP contribution >= 0.6 is 0 Å². The number of urea groups is 1. The Kier molecular flexibility index (Phi) is 4.25. The van der Waals surface area contributed by atoms with Gasteiger partial charge in [-0.2, -0.15) is 0 Å². The lowest BCUT2D eigenvalue weighted by atomic mass is 9.77. The van der Waals surface area contributed by atoms with Crippen LogP contribution in [0.15, 0.2) is 12.2 Å². The maximum atomic E-state index is 12.9. The van der Waals surface area contributed by atoms with Crippen molar-refractivity contribution in [2.75, 3.05) is 20.1 Å². The lowest BCUT2D eigenvalue weighted by Gasteiger charge is -2.37. The molecule has 3 amide bonds. The summed E-state index contributed by atoms with van der Waals surface area (Å²) in [5, 5.41) is 0. The van der Waals surface area contributed by atoms with Crippen molar-refractivity contribution in [1.29, 1.82) is 0 Å². The molecule has 2 heterocycles. The highest BCUT2D eigenvalue weighted by Crippen LogP contribution is 2.39. The van der Waals surface area contributed by atoms with Gasteiger partial charge in [-0.3, -0.25) is 19.9 Å². The number of likely N-dealkylation sites (N-methyl/N-ethyl adjacent to an activating group) is 1. The first-order valence-corrected chi connectivity index (χ1v) is 8.22. The molecule has 126 valence electrons. The van der Waals surface area contributed by atoms with E-state index in [1.54, 1.807) is 7.05 Å². The van der Waals surface area contributed by atoms with Crippen molar-refractivity contribution in [2.45, 2.75) is 44.2 Å². The van der Waals surface area contributed by atoms with Crippen LogP contribution in [0.3, 0.4) is 0 Å². The van der Waals surface area contributed by atoms with Crippen LogP contribution in [-0.2, 0) is 9.59 Å². The molecule has 0 radical (unpaired) electrons.